The number of hydrogen-bond donors (Lipinski definition) is 18. The van der Waals surface area contributed by atoms with E-state index < -0.39 is 162 Å². The first-order chi connectivity index (χ1) is 29.9. The van der Waals surface area contributed by atoms with E-state index in [1.54, 1.807) is 0 Å². The summed E-state index contributed by atoms with van der Waals surface area (Å²) in [5.74, 6) is -0.177. The molecule has 18 atom stereocenters. The second kappa shape index (κ2) is 30.1. The van der Waals surface area contributed by atoms with E-state index in [1.807, 2.05) is 0 Å². The molecule has 2 heterocycles. The van der Waals surface area contributed by atoms with Crippen molar-refractivity contribution in [3.05, 3.63) is 0 Å². The van der Waals surface area contributed by atoms with Gasteiger partial charge in [-0.2, -0.15) is 0 Å². The van der Waals surface area contributed by atoms with Gasteiger partial charge in [-0.05, 0) is 0 Å². The first-order valence-electron chi connectivity index (χ1n) is 19.2. The summed E-state index contributed by atoms with van der Waals surface area (Å²) in [6, 6.07) is 0. The number of amides is 2. The Hall–Kier alpha value is -2.22. The fourth-order valence-electron chi connectivity index (χ4n) is 5.45. The number of thioether (sulfide) groups is 2. The number of carbonyl (C=O) groups excluding carboxylic acids is 2. The molecule has 0 bridgehead atoms. The first kappa shape index (κ1) is 56.9. The van der Waals surface area contributed by atoms with E-state index >= 15 is 0 Å². The van der Waals surface area contributed by atoms with Gasteiger partial charge in [-0.3, -0.25) is 9.59 Å². The Bertz CT molecular complexity index is 1250. The molecule has 2 aliphatic rings. The number of aliphatic hydroxyl groups excluding tert-OH is 16. The van der Waals surface area contributed by atoms with Gasteiger partial charge in [0.1, 0.15) is 97.7 Å². The molecule has 0 spiro atoms. The smallest absolute Gasteiger partial charge is 0.260 e. The summed E-state index contributed by atoms with van der Waals surface area (Å²) in [5.41, 5.74) is 0. The highest BCUT2D eigenvalue weighted by atomic mass is 32.2. The van der Waals surface area contributed by atoms with Gasteiger partial charge in [0.2, 0.25) is 0 Å². The highest BCUT2D eigenvalue weighted by Gasteiger charge is 2.48. The lowest BCUT2D eigenvalue weighted by atomic mass is 9.98. The molecule has 0 aliphatic carbocycles. The molecule has 0 aromatic rings. The maximum atomic E-state index is 12.0. The van der Waals surface area contributed by atoms with E-state index in [1.165, 1.54) is 23.5 Å². The van der Waals surface area contributed by atoms with Crippen LogP contribution in [0.5, 0.6) is 0 Å². The molecule has 2 saturated heterocycles. The van der Waals surface area contributed by atoms with Crippen molar-refractivity contribution < 1.29 is 120 Å². The van der Waals surface area contributed by atoms with Crippen molar-refractivity contribution >= 4 is 47.8 Å². The number of carbonyl (C=O) groups is 2. The molecule has 2 aliphatic heterocycles. The van der Waals surface area contributed by atoms with Crippen molar-refractivity contribution in [2.45, 2.75) is 110 Å². The number of nitrogens with one attached hydrogen (secondary N) is 2. The van der Waals surface area contributed by atoms with Crippen LogP contribution in [-0.4, -0.2) is 286 Å². The summed E-state index contributed by atoms with van der Waals surface area (Å²) in [5, 5.41) is 172. The second-order valence-corrected chi connectivity index (χ2v) is 16.3. The molecule has 18 N–H and O–H groups in total. The van der Waals surface area contributed by atoms with Crippen molar-refractivity contribution in [1.29, 1.82) is 0 Å². The number of rotatable bonds is 30. The number of aliphatic hydroxyl groups is 16. The van der Waals surface area contributed by atoms with Crippen molar-refractivity contribution in [3.8, 4) is 0 Å². The van der Waals surface area contributed by atoms with E-state index in [-0.39, 0.29) is 13.1 Å². The van der Waals surface area contributed by atoms with Crippen molar-refractivity contribution in [2.24, 2.45) is 10.3 Å². The average Bonchev–Trinajstić information content (AvgIpc) is 3.28. The monoisotopic (exact) mass is 960 g/mol. The molecule has 8 unspecified atom stereocenters. The van der Waals surface area contributed by atoms with E-state index in [4.69, 9.17) is 28.6 Å². The topological polar surface area (TPSA) is 462 Å². The summed E-state index contributed by atoms with van der Waals surface area (Å²) in [7, 11) is 0. The number of ether oxygens (including phenoxy) is 4. The van der Waals surface area contributed by atoms with Gasteiger partial charge in [0.05, 0.1) is 38.9 Å². The third-order valence-corrected chi connectivity index (χ3v) is 11.4. The van der Waals surface area contributed by atoms with Crippen LogP contribution in [0.1, 0.15) is 0 Å². The molecule has 2 amide bonds. The van der Waals surface area contributed by atoms with E-state index in [9.17, 15) is 91.3 Å². The van der Waals surface area contributed by atoms with E-state index in [0.717, 1.165) is 0 Å². The maximum absolute atomic E-state index is 12.0. The summed E-state index contributed by atoms with van der Waals surface area (Å²) in [4.78, 5) is 33.7. The van der Waals surface area contributed by atoms with Crippen LogP contribution < -0.4 is 10.6 Å². The second-order valence-electron chi connectivity index (χ2n) is 13.7. The highest BCUT2D eigenvalue weighted by molar-refractivity contribution is 8.16. The molecule has 28 nitrogen and oxygen atoms in total. The molecule has 368 valence electrons. The third-order valence-electron chi connectivity index (χ3n) is 9.06. The maximum Gasteiger partial charge on any atom is 0.260 e. The fourth-order valence-corrected chi connectivity index (χ4v) is 7.35. The lowest BCUT2D eigenvalue weighted by Crippen LogP contribution is -2.61. The molecular formula is C33H60N4O24S2. The van der Waals surface area contributed by atoms with Crippen LogP contribution in [0.15, 0.2) is 10.3 Å². The zero-order valence-corrected chi connectivity index (χ0v) is 35.1. The van der Waals surface area contributed by atoms with Crippen LogP contribution in [-0.2, 0) is 38.2 Å². The van der Waals surface area contributed by atoms with E-state index in [2.05, 4.69) is 20.9 Å². The Balaban J connectivity index is 1.60. The van der Waals surface area contributed by atoms with Gasteiger partial charge in [0.15, 0.2) is 25.8 Å². The quantitative estimate of drug-likeness (QED) is 0.0138. The minimum atomic E-state index is -2.03. The predicted octanol–water partition coefficient (Wildman–Crippen LogP) is -10.8. The van der Waals surface area contributed by atoms with Gasteiger partial charge >= 0.3 is 0 Å². The fraction of sp³-hybridized carbons (Fsp3) is 0.879. The van der Waals surface area contributed by atoms with Crippen LogP contribution >= 0.6 is 23.5 Å². The van der Waals surface area contributed by atoms with Crippen molar-refractivity contribution in [2.75, 3.05) is 69.3 Å². The minimum Gasteiger partial charge on any atom is -0.394 e. The van der Waals surface area contributed by atoms with Gasteiger partial charge in [0, 0.05) is 29.7 Å². The highest BCUT2D eigenvalue weighted by Crippen LogP contribution is 2.26. The third kappa shape index (κ3) is 18.5. The molecule has 63 heavy (non-hydrogen) atoms. The molecule has 30 heteroatoms. The summed E-state index contributed by atoms with van der Waals surface area (Å²) < 4.78 is 20.9. The minimum absolute atomic E-state index is 0.239. The zero-order chi connectivity index (χ0) is 47.2. The standard InChI is InChI=1S/C33H60N4O24S2/c38-7-16(44)30(60-32-28(54)26(52)24(50)18(9-40)58-32)22(48)14(42)5-36-56-11-20(46)34-1-3-62-13-63-4-2-35-21(47)12-57-37-6-15(43)23(49)31(17(45)8-39)61-33-29(55)27(53)25(51)19(10-41)59-33/h5-6,14-19,22-33,38-45,48-55H,1-4,7-13H2,(H,34,46)(H,35,47)/b36-5+,37-6+/t14-,15-,16?,17?,18?,19?,22?,23?,24-,25-,26?,27?,28+,29+,30-,31-,32+,33+/m1/s1. The van der Waals surface area contributed by atoms with Crippen LogP contribution in [0.2, 0.25) is 0 Å². The Labute approximate surface area is 367 Å². The zero-order valence-electron chi connectivity index (χ0n) is 33.5. The van der Waals surface area contributed by atoms with Crippen molar-refractivity contribution in [3.63, 3.8) is 0 Å². The molecule has 2 rings (SSSR count). The lowest BCUT2D eigenvalue weighted by molar-refractivity contribution is -0.326. The van der Waals surface area contributed by atoms with Gasteiger partial charge < -0.3 is 121 Å². The SMILES string of the molecule is O=C(CO/N=C/[C@@H](O)C(O)[C@H](O[C@@H]1OC(CO)[C@@H](O)C(O)[C@@H]1O)C(O)CO)NCCSCSCCNC(=O)CO/N=C/[C@@H](O)C(O)[C@H](O[C@@H]1OC(CO)[C@@H](O)C(O)[C@@H]1O)C(O)CO. The van der Waals surface area contributed by atoms with Gasteiger partial charge in [-0.25, -0.2) is 0 Å². The number of hydrogen-bond acceptors (Lipinski definition) is 28. The van der Waals surface area contributed by atoms with Gasteiger partial charge in [0.25, 0.3) is 11.8 Å². The molecule has 0 saturated carbocycles. The predicted molar refractivity (Wildman–Crippen MR) is 212 cm³/mol. The first-order valence-corrected chi connectivity index (χ1v) is 21.5. The van der Waals surface area contributed by atoms with Crippen molar-refractivity contribution in [1.82, 2.24) is 10.6 Å². The Morgan fingerprint density at radius 3 is 1.29 bits per heavy atom. The molecular weight excluding hydrogens is 901 g/mol. The van der Waals surface area contributed by atoms with Gasteiger partial charge in [-0.1, -0.05) is 10.3 Å². The summed E-state index contributed by atoms with van der Waals surface area (Å²) in [6.45, 7) is -4.25. The average molecular weight is 961 g/mol. The van der Waals surface area contributed by atoms with Crippen LogP contribution in [0, 0.1) is 0 Å². The summed E-state index contributed by atoms with van der Waals surface area (Å²) in [6.07, 6.45) is -31.3. The number of oxime groups is 2. The number of nitrogens with zero attached hydrogens (tertiary/aromatic N) is 2. The molecule has 0 aromatic heterocycles. The lowest BCUT2D eigenvalue weighted by Gasteiger charge is -2.42. The van der Waals surface area contributed by atoms with Crippen LogP contribution in [0.25, 0.3) is 0 Å². The molecule has 0 radical (unpaired) electrons. The van der Waals surface area contributed by atoms with Crippen LogP contribution in [0.4, 0.5) is 0 Å². The normalized spacial score (nSPS) is 30.5. The van der Waals surface area contributed by atoms with Gasteiger partial charge in [-0.15, -0.1) is 23.5 Å². The van der Waals surface area contributed by atoms with Crippen LogP contribution in [0.3, 0.4) is 0 Å². The Kier molecular flexibility index (Phi) is 27.2. The largest absolute Gasteiger partial charge is 0.394 e. The molecule has 2 fully saturated rings. The summed E-state index contributed by atoms with van der Waals surface area (Å²) >= 11 is 2.92. The molecule has 0 aromatic carbocycles. The Morgan fingerprint density at radius 1 is 0.587 bits per heavy atom. The van der Waals surface area contributed by atoms with E-state index in [0.29, 0.717) is 29.0 Å². The Morgan fingerprint density at radius 2 is 0.952 bits per heavy atom.